The maximum absolute atomic E-state index is 5.82. The Balaban J connectivity index is 2.58. The van der Waals surface area contributed by atoms with E-state index in [1.54, 1.807) is 0 Å². The first-order valence-corrected chi connectivity index (χ1v) is 5.62. The van der Waals surface area contributed by atoms with Gasteiger partial charge in [-0.25, -0.2) is 0 Å². The predicted molar refractivity (Wildman–Crippen MR) is 68.2 cm³/mol. The molecule has 1 nitrogen and oxygen atoms in total. The van der Waals surface area contributed by atoms with Crippen molar-refractivity contribution < 1.29 is 0 Å². The van der Waals surface area contributed by atoms with E-state index >= 15 is 0 Å². The molecule has 0 aliphatic heterocycles. The van der Waals surface area contributed by atoms with Crippen molar-refractivity contribution in [3.8, 4) is 0 Å². The summed E-state index contributed by atoms with van der Waals surface area (Å²) in [6.45, 7) is 7.36. The third kappa shape index (κ3) is 5.01. The highest BCUT2D eigenvalue weighted by atomic mass is 35.5. The first kappa shape index (κ1) is 12.3. The number of rotatable bonds is 4. The van der Waals surface area contributed by atoms with Crippen molar-refractivity contribution in [3.63, 3.8) is 0 Å². The summed E-state index contributed by atoms with van der Waals surface area (Å²) >= 11 is 5.82. The van der Waals surface area contributed by atoms with Crippen molar-refractivity contribution in [2.24, 2.45) is 0 Å². The molecule has 0 saturated carbocycles. The second-order valence-corrected chi connectivity index (χ2v) is 4.51. The maximum Gasteiger partial charge on any atom is 0.0406 e. The molecule has 1 aromatic rings. The van der Waals surface area contributed by atoms with E-state index in [0.717, 1.165) is 11.6 Å². The van der Waals surface area contributed by atoms with Crippen LogP contribution in [0.3, 0.4) is 0 Å². The molecular formula is C13H18ClN. The van der Waals surface area contributed by atoms with Crippen molar-refractivity contribution in [1.29, 1.82) is 0 Å². The fourth-order valence-electron chi connectivity index (χ4n) is 1.26. The van der Waals surface area contributed by atoms with E-state index in [0.29, 0.717) is 6.04 Å². The second kappa shape index (κ2) is 5.94. The SMILES string of the molecule is CC(=Cc1ccc(Cl)cc1)CNC(C)C. The highest BCUT2D eigenvalue weighted by Gasteiger charge is 1.94. The minimum atomic E-state index is 0.526. The summed E-state index contributed by atoms with van der Waals surface area (Å²) < 4.78 is 0. The molecule has 0 unspecified atom stereocenters. The summed E-state index contributed by atoms with van der Waals surface area (Å²) in [5.74, 6) is 0. The molecule has 0 amide bonds. The molecule has 0 saturated heterocycles. The highest BCUT2D eigenvalue weighted by molar-refractivity contribution is 6.30. The van der Waals surface area contributed by atoms with E-state index in [4.69, 9.17) is 11.6 Å². The van der Waals surface area contributed by atoms with Gasteiger partial charge in [0.25, 0.3) is 0 Å². The largest absolute Gasteiger partial charge is 0.311 e. The van der Waals surface area contributed by atoms with E-state index < -0.39 is 0 Å². The minimum Gasteiger partial charge on any atom is -0.311 e. The van der Waals surface area contributed by atoms with Gasteiger partial charge in [0, 0.05) is 17.6 Å². The number of benzene rings is 1. The smallest absolute Gasteiger partial charge is 0.0406 e. The van der Waals surface area contributed by atoms with E-state index in [2.05, 4.69) is 32.2 Å². The van der Waals surface area contributed by atoms with Crippen LogP contribution in [0.5, 0.6) is 0 Å². The van der Waals surface area contributed by atoms with Crippen LogP contribution in [0.1, 0.15) is 26.3 Å². The van der Waals surface area contributed by atoms with E-state index in [1.807, 2.05) is 24.3 Å². The Hall–Kier alpha value is -0.790. The van der Waals surface area contributed by atoms with Gasteiger partial charge in [-0.05, 0) is 24.6 Å². The van der Waals surface area contributed by atoms with Crippen molar-refractivity contribution in [1.82, 2.24) is 5.32 Å². The Morgan fingerprint density at radius 1 is 1.33 bits per heavy atom. The number of nitrogens with one attached hydrogen (secondary N) is 1. The van der Waals surface area contributed by atoms with Crippen LogP contribution < -0.4 is 5.32 Å². The molecule has 2 heteroatoms. The number of hydrogen-bond acceptors (Lipinski definition) is 1. The molecule has 1 aromatic carbocycles. The molecule has 0 radical (unpaired) electrons. The third-order valence-electron chi connectivity index (χ3n) is 2.07. The summed E-state index contributed by atoms with van der Waals surface area (Å²) in [4.78, 5) is 0. The molecule has 82 valence electrons. The van der Waals surface area contributed by atoms with Crippen LogP contribution in [-0.4, -0.2) is 12.6 Å². The van der Waals surface area contributed by atoms with Crippen molar-refractivity contribution in [2.75, 3.05) is 6.54 Å². The van der Waals surface area contributed by atoms with Crippen LogP contribution in [0.2, 0.25) is 5.02 Å². The summed E-state index contributed by atoms with van der Waals surface area (Å²) in [5, 5.41) is 4.17. The number of hydrogen-bond donors (Lipinski definition) is 1. The van der Waals surface area contributed by atoms with Crippen molar-refractivity contribution >= 4 is 17.7 Å². The van der Waals surface area contributed by atoms with Crippen LogP contribution in [-0.2, 0) is 0 Å². The Morgan fingerprint density at radius 2 is 1.93 bits per heavy atom. The molecule has 0 fully saturated rings. The van der Waals surface area contributed by atoms with Crippen molar-refractivity contribution in [2.45, 2.75) is 26.8 Å². The molecule has 0 aliphatic rings. The Labute approximate surface area is 97.1 Å². The zero-order chi connectivity index (χ0) is 11.3. The normalized spacial score (nSPS) is 12.2. The fraction of sp³-hybridized carbons (Fsp3) is 0.385. The Kier molecular flexibility index (Phi) is 4.86. The minimum absolute atomic E-state index is 0.526. The number of halogens is 1. The van der Waals surface area contributed by atoms with Crippen LogP contribution >= 0.6 is 11.6 Å². The Bertz CT molecular complexity index is 325. The average molecular weight is 224 g/mol. The van der Waals surface area contributed by atoms with Crippen LogP contribution in [0, 0.1) is 0 Å². The molecule has 0 aliphatic carbocycles. The van der Waals surface area contributed by atoms with Crippen LogP contribution in [0.25, 0.3) is 6.08 Å². The molecular weight excluding hydrogens is 206 g/mol. The molecule has 0 aromatic heterocycles. The third-order valence-corrected chi connectivity index (χ3v) is 2.32. The van der Waals surface area contributed by atoms with Gasteiger partial charge in [0.15, 0.2) is 0 Å². The van der Waals surface area contributed by atoms with E-state index in [1.165, 1.54) is 11.1 Å². The van der Waals surface area contributed by atoms with Gasteiger partial charge in [0.05, 0.1) is 0 Å². The van der Waals surface area contributed by atoms with Gasteiger partial charge in [-0.15, -0.1) is 0 Å². The second-order valence-electron chi connectivity index (χ2n) is 4.08. The van der Waals surface area contributed by atoms with E-state index in [9.17, 15) is 0 Å². The lowest BCUT2D eigenvalue weighted by Crippen LogP contribution is -2.24. The topological polar surface area (TPSA) is 12.0 Å². The Morgan fingerprint density at radius 3 is 2.47 bits per heavy atom. The zero-order valence-corrected chi connectivity index (χ0v) is 10.3. The molecule has 1 rings (SSSR count). The molecule has 0 spiro atoms. The van der Waals surface area contributed by atoms with Gasteiger partial charge in [0.2, 0.25) is 0 Å². The van der Waals surface area contributed by atoms with E-state index in [-0.39, 0.29) is 0 Å². The molecule has 1 N–H and O–H groups in total. The van der Waals surface area contributed by atoms with Gasteiger partial charge in [0.1, 0.15) is 0 Å². The highest BCUT2D eigenvalue weighted by Crippen LogP contribution is 2.12. The maximum atomic E-state index is 5.82. The molecule has 0 bridgehead atoms. The first-order valence-electron chi connectivity index (χ1n) is 5.24. The zero-order valence-electron chi connectivity index (χ0n) is 9.55. The molecule has 15 heavy (non-hydrogen) atoms. The lowest BCUT2D eigenvalue weighted by atomic mass is 10.1. The fourth-order valence-corrected chi connectivity index (χ4v) is 1.39. The van der Waals surface area contributed by atoms with Gasteiger partial charge >= 0.3 is 0 Å². The summed E-state index contributed by atoms with van der Waals surface area (Å²) in [6.07, 6.45) is 2.17. The quantitative estimate of drug-likeness (QED) is 0.820. The lowest BCUT2D eigenvalue weighted by Gasteiger charge is -2.08. The van der Waals surface area contributed by atoms with Gasteiger partial charge in [-0.1, -0.05) is 49.2 Å². The van der Waals surface area contributed by atoms with Gasteiger partial charge < -0.3 is 5.32 Å². The first-order chi connectivity index (χ1) is 7.08. The molecule has 0 atom stereocenters. The van der Waals surface area contributed by atoms with Crippen molar-refractivity contribution in [3.05, 3.63) is 40.4 Å². The van der Waals surface area contributed by atoms with Crippen LogP contribution in [0.15, 0.2) is 29.8 Å². The standard InChI is InChI=1S/C13H18ClN/c1-10(2)15-9-11(3)8-12-4-6-13(14)7-5-12/h4-8,10,15H,9H2,1-3H3. The summed E-state index contributed by atoms with van der Waals surface area (Å²) in [5.41, 5.74) is 2.52. The van der Waals surface area contributed by atoms with Gasteiger partial charge in [-0.2, -0.15) is 0 Å². The van der Waals surface area contributed by atoms with Gasteiger partial charge in [-0.3, -0.25) is 0 Å². The lowest BCUT2D eigenvalue weighted by molar-refractivity contribution is 0.623. The summed E-state index contributed by atoms with van der Waals surface area (Å²) in [6, 6.07) is 8.41. The monoisotopic (exact) mass is 223 g/mol. The summed E-state index contributed by atoms with van der Waals surface area (Å²) in [7, 11) is 0. The molecule has 0 heterocycles. The average Bonchev–Trinajstić information content (AvgIpc) is 2.19. The van der Waals surface area contributed by atoms with Crippen LogP contribution in [0.4, 0.5) is 0 Å². The predicted octanol–water partition coefficient (Wildman–Crippen LogP) is 3.74.